The number of thiazole rings is 1. The molecule has 174 valence electrons. The van der Waals surface area contributed by atoms with Gasteiger partial charge in [-0.3, -0.25) is 14.7 Å². The van der Waals surface area contributed by atoms with Crippen LogP contribution in [0.2, 0.25) is 0 Å². The van der Waals surface area contributed by atoms with Crippen molar-refractivity contribution >= 4 is 45.0 Å². The lowest BCUT2D eigenvalue weighted by Gasteiger charge is -2.30. The number of carbonyl (C=O) groups excluding carboxylic acids is 1. The topological polar surface area (TPSA) is 104 Å². The second-order valence-corrected chi connectivity index (χ2v) is 9.32. The molecule has 2 aliphatic heterocycles. The fourth-order valence-corrected chi connectivity index (χ4v) is 5.03. The van der Waals surface area contributed by atoms with Crippen molar-refractivity contribution in [2.24, 2.45) is 4.99 Å². The Bertz CT molecular complexity index is 1140. The summed E-state index contributed by atoms with van der Waals surface area (Å²) in [6.07, 6.45) is 0.794. The number of aromatic nitrogens is 1. The number of hydrogen-bond donors (Lipinski definition) is 2. The van der Waals surface area contributed by atoms with Gasteiger partial charge in [0.1, 0.15) is 12.1 Å². The Morgan fingerprint density at radius 3 is 2.79 bits per heavy atom. The number of methoxy groups -OCH3 is 1. The summed E-state index contributed by atoms with van der Waals surface area (Å²) in [5, 5.41) is 14.8. The minimum Gasteiger partial charge on any atom is -0.480 e. The first-order valence-corrected chi connectivity index (χ1v) is 11.5. The number of esters is 1. The van der Waals surface area contributed by atoms with Crippen LogP contribution in [0, 0.1) is 0 Å². The number of aliphatic carboxylic acids is 1. The minimum atomic E-state index is -3.15. The van der Waals surface area contributed by atoms with E-state index in [9.17, 15) is 23.5 Å². The molecule has 0 saturated carbocycles. The van der Waals surface area contributed by atoms with Crippen LogP contribution in [-0.2, 0) is 14.3 Å². The largest absolute Gasteiger partial charge is 0.480 e. The molecule has 2 aliphatic rings. The molecule has 1 aromatic carbocycles. The molecule has 2 N–H and O–H groups in total. The van der Waals surface area contributed by atoms with E-state index in [0.717, 1.165) is 4.90 Å². The number of carboxylic acid groups (broad SMARTS) is 1. The zero-order valence-corrected chi connectivity index (χ0v) is 19.7. The van der Waals surface area contributed by atoms with Gasteiger partial charge in [-0.25, -0.2) is 18.6 Å². The molecule has 0 spiro atoms. The summed E-state index contributed by atoms with van der Waals surface area (Å²) in [4.78, 5) is 34.6. The number of benzene rings is 1. The van der Waals surface area contributed by atoms with Gasteiger partial charge >= 0.3 is 11.9 Å². The highest BCUT2D eigenvalue weighted by Gasteiger charge is 2.49. The average molecular weight is 541 g/mol. The third-order valence-corrected chi connectivity index (χ3v) is 6.88. The van der Waals surface area contributed by atoms with E-state index in [1.807, 2.05) is 6.07 Å². The summed E-state index contributed by atoms with van der Waals surface area (Å²) in [5.41, 5.74) is 1.02. The first-order chi connectivity index (χ1) is 15.7. The zero-order chi connectivity index (χ0) is 23.8. The van der Waals surface area contributed by atoms with Gasteiger partial charge in [-0.05, 0) is 11.6 Å². The standard InChI is InChI=1S/C21H19BrF2N4O4S/c1-32-20(31)15-13(9-28-10-21(23,24)8-14(28)19(29)30)26-17(18-25-6-7-33-18)27-16(15)11-4-2-3-5-12(11)22/h2-7,14,16H,8-10H2,1H3,(H,26,27)(H,29,30). The number of alkyl halides is 2. The minimum absolute atomic E-state index is 0.115. The van der Waals surface area contributed by atoms with Gasteiger partial charge in [-0.1, -0.05) is 34.1 Å². The number of amidine groups is 1. The number of ether oxygens (including phenoxy) is 1. The first kappa shape index (κ1) is 23.5. The van der Waals surface area contributed by atoms with E-state index in [2.05, 4.69) is 26.2 Å². The molecule has 0 aliphatic carbocycles. The molecule has 33 heavy (non-hydrogen) atoms. The summed E-state index contributed by atoms with van der Waals surface area (Å²) in [6, 6.07) is 4.97. The maximum atomic E-state index is 14.1. The van der Waals surface area contributed by atoms with Crippen molar-refractivity contribution in [1.82, 2.24) is 15.2 Å². The molecule has 0 bridgehead atoms. The maximum absolute atomic E-state index is 14.1. The number of nitrogens with zero attached hydrogens (tertiary/aromatic N) is 3. The third-order valence-electron chi connectivity index (χ3n) is 5.38. The van der Waals surface area contributed by atoms with Gasteiger partial charge in [0, 0.05) is 34.7 Å². The van der Waals surface area contributed by atoms with Crippen LogP contribution >= 0.6 is 27.3 Å². The van der Waals surface area contributed by atoms with E-state index >= 15 is 0 Å². The number of halogens is 3. The predicted octanol–water partition coefficient (Wildman–Crippen LogP) is 3.22. The molecule has 0 amide bonds. The smallest absolute Gasteiger partial charge is 0.338 e. The van der Waals surface area contributed by atoms with Crippen molar-refractivity contribution in [3.05, 3.63) is 62.2 Å². The highest BCUT2D eigenvalue weighted by atomic mass is 79.9. The van der Waals surface area contributed by atoms with Crippen LogP contribution in [0.1, 0.15) is 23.0 Å². The number of carbonyl (C=O) groups is 2. The van der Waals surface area contributed by atoms with E-state index < -0.39 is 42.9 Å². The fourth-order valence-electron chi connectivity index (χ4n) is 3.94. The molecular weight excluding hydrogens is 522 g/mol. The third kappa shape index (κ3) is 4.82. The predicted molar refractivity (Wildman–Crippen MR) is 120 cm³/mol. The highest BCUT2D eigenvalue weighted by Crippen LogP contribution is 2.38. The number of carboxylic acids is 1. The lowest BCUT2D eigenvalue weighted by atomic mass is 9.95. The van der Waals surface area contributed by atoms with Crippen LogP contribution in [0.3, 0.4) is 0 Å². The molecule has 1 saturated heterocycles. The van der Waals surface area contributed by atoms with Crippen LogP contribution in [0.25, 0.3) is 0 Å². The van der Waals surface area contributed by atoms with Crippen molar-refractivity contribution in [1.29, 1.82) is 0 Å². The molecule has 2 atom stereocenters. The normalized spacial score (nSPS) is 22.6. The molecule has 0 radical (unpaired) electrons. The molecule has 8 nitrogen and oxygen atoms in total. The number of likely N-dealkylation sites (tertiary alicyclic amines) is 1. The second-order valence-electron chi connectivity index (χ2n) is 7.57. The van der Waals surface area contributed by atoms with E-state index in [1.165, 1.54) is 18.4 Å². The van der Waals surface area contributed by atoms with Gasteiger partial charge in [0.05, 0.1) is 19.2 Å². The monoisotopic (exact) mass is 540 g/mol. The van der Waals surface area contributed by atoms with Crippen LogP contribution in [0.4, 0.5) is 8.78 Å². The quantitative estimate of drug-likeness (QED) is 0.542. The number of hydrogen-bond acceptors (Lipinski definition) is 8. The van der Waals surface area contributed by atoms with Crippen LogP contribution < -0.4 is 5.32 Å². The number of nitrogens with one attached hydrogen (secondary N) is 1. The van der Waals surface area contributed by atoms with Gasteiger partial charge in [0.25, 0.3) is 5.92 Å². The summed E-state index contributed by atoms with van der Waals surface area (Å²) in [6.45, 7) is -0.977. The van der Waals surface area contributed by atoms with Crippen LogP contribution in [-0.4, -0.2) is 64.9 Å². The molecule has 1 fully saturated rings. The zero-order valence-electron chi connectivity index (χ0n) is 17.3. The van der Waals surface area contributed by atoms with Crippen LogP contribution in [0.15, 0.2) is 56.6 Å². The highest BCUT2D eigenvalue weighted by molar-refractivity contribution is 9.10. The van der Waals surface area contributed by atoms with Crippen LogP contribution in [0.5, 0.6) is 0 Å². The lowest BCUT2D eigenvalue weighted by molar-refractivity contribution is -0.142. The molecule has 4 rings (SSSR count). The Kier molecular flexibility index (Phi) is 6.59. The van der Waals surface area contributed by atoms with E-state index in [4.69, 9.17) is 9.73 Å². The molecule has 12 heteroatoms. The summed E-state index contributed by atoms with van der Waals surface area (Å²) >= 11 is 4.80. The van der Waals surface area contributed by atoms with Crippen molar-refractivity contribution in [3.63, 3.8) is 0 Å². The Morgan fingerprint density at radius 2 is 2.15 bits per heavy atom. The molecule has 2 aromatic rings. The van der Waals surface area contributed by atoms with Gasteiger partial charge in [0.15, 0.2) is 10.8 Å². The number of rotatable bonds is 6. The van der Waals surface area contributed by atoms with Crippen molar-refractivity contribution in [3.8, 4) is 0 Å². The molecule has 3 heterocycles. The van der Waals surface area contributed by atoms with E-state index in [-0.39, 0.29) is 17.8 Å². The van der Waals surface area contributed by atoms with Gasteiger partial charge in [-0.15, -0.1) is 11.3 Å². The molecule has 2 unspecified atom stereocenters. The van der Waals surface area contributed by atoms with Crippen molar-refractivity contribution < 1.29 is 28.2 Å². The Hall–Kier alpha value is -2.70. The second kappa shape index (κ2) is 9.27. The van der Waals surface area contributed by atoms with Crippen molar-refractivity contribution in [2.75, 3.05) is 20.2 Å². The van der Waals surface area contributed by atoms with E-state index in [0.29, 0.717) is 20.9 Å². The van der Waals surface area contributed by atoms with Gasteiger partial charge in [0.2, 0.25) is 0 Å². The first-order valence-electron chi connectivity index (χ1n) is 9.85. The maximum Gasteiger partial charge on any atom is 0.338 e. The molecule has 1 aromatic heterocycles. The van der Waals surface area contributed by atoms with Gasteiger partial charge < -0.3 is 15.2 Å². The van der Waals surface area contributed by atoms with Gasteiger partial charge in [-0.2, -0.15) is 0 Å². The fraction of sp³-hybridized carbons (Fsp3) is 0.333. The summed E-state index contributed by atoms with van der Waals surface area (Å²) in [7, 11) is 1.22. The average Bonchev–Trinajstić information content (AvgIpc) is 3.41. The van der Waals surface area contributed by atoms with Crippen molar-refractivity contribution in [2.45, 2.75) is 24.4 Å². The Balaban J connectivity index is 1.82. The Morgan fingerprint density at radius 1 is 1.39 bits per heavy atom. The SMILES string of the molecule is COC(=O)C1=C(CN2CC(F)(F)CC2C(=O)O)NC(c2nccs2)=NC1c1ccccc1Br. The summed E-state index contributed by atoms with van der Waals surface area (Å²) in [5.74, 6) is -4.85. The van der Waals surface area contributed by atoms with E-state index in [1.54, 1.807) is 29.8 Å². The Labute approximate surface area is 200 Å². The molecular formula is C21H19BrF2N4O4S. The lowest BCUT2D eigenvalue weighted by Crippen LogP contribution is -2.43. The summed E-state index contributed by atoms with van der Waals surface area (Å²) < 4.78 is 33.9. The number of aliphatic imine (C=N–C) groups is 1.